The molecular weight excluding hydrogens is 310 g/mol. The van der Waals surface area contributed by atoms with Gasteiger partial charge in [0.1, 0.15) is 6.33 Å². The Morgan fingerprint density at radius 1 is 0.917 bits per heavy atom. The van der Waals surface area contributed by atoms with Crippen molar-refractivity contribution < 1.29 is 14.2 Å². The molecule has 0 saturated carbocycles. The molecule has 124 valence electrons. The molecule has 0 bridgehead atoms. The van der Waals surface area contributed by atoms with E-state index in [4.69, 9.17) is 14.2 Å². The molecule has 3 rings (SSSR count). The van der Waals surface area contributed by atoms with Gasteiger partial charge in [-0.1, -0.05) is 0 Å². The maximum absolute atomic E-state index is 5.34. The van der Waals surface area contributed by atoms with E-state index in [1.165, 1.54) is 6.33 Å². The van der Waals surface area contributed by atoms with Crippen LogP contribution in [0.1, 0.15) is 0 Å². The molecule has 0 aliphatic heterocycles. The Labute approximate surface area is 139 Å². The highest BCUT2D eigenvalue weighted by Gasteiger charge is 2.14. The molecule has 1 aromatic carbocycles. The number of aromatic nitrogens is 4. The fourth-order valence-corrected chi connectivity index (χ4v) is 2.22. The van der Waals surface area contributed by atoms with Crippen LogP contribution in [0.15, 0.2) is 43.0 Å². The van der Waals surface area contributed by atoms with E-state index in [1.54, 1.807) is 38.0 Å². The summed E-state index contributed by atoms with van der Waals surface area (Å²) < 4.78 is 17.8. The summed E-state index contributed by atoms with van der Waals surface area (Å²) in [6.07, 6.45) is 5.17. The minimum atomic E-state index is 0.406. The van der Waals surface area contributed by atoms with Crippen LogP contribution in [0.3, 0.4) is 0 Å². The first kappa shape index (κ1) is 15.6. The van der Waals surface area contributed by atoms with Crippen LogP contribution >= 0.6 is 0 Å². The summed E-state index contributed by atoms with van der Waals surface area (Å²) in [6, 6.07) is 7.35. The monoisotopic (exact) mass is 327 g/mol. The number of ether oxygens (including phenoxy) is 3. The van der Waals surface area contributed by atoms with Crippen molar-refractivity contribution >= 4 is 11.6 Å². The van der Waals surface area contributed by atoms with Gasteiger partial charge in [-0.15, -0.1) is 0 Å². The van der Waals surface area contributed by atoms with Crippen molar-refractivity contribution in [1.82, 2.24) is 19.5 Å². The van der Waals surface area contributed by atoms with Gasteiger partial charge in [-0.3, -0.25) is 4.57 Å². The molecule has 24 heavy (non-hydrogen) atoms. The molecule has 0 radical (unpaired) electrons. The minimum absolute atomic E-state index is 0.406. The highest BCUT2D eigenvalue weighted by molar-refractivity contribution is 5.65. The van der Waals surface area contributed by atoms with E-state index in [2.05, 4.69) is 20.3 Å². The second-order valence-corrected chi connectivity index (χ2v) is 4.74. The van der Waals surface area contributed by atoms with Crippen LogP contribution in [-0.4, -0.2) is 40.8 Å². The second-order valence-electron chi connectivity index (χ2n) is 4.74. The lowest BCUT2D eigenvalue weighted by atomic mass is 10.2. The molecule has 0 amide bonds. The summed E-state index contributed by atoms with van der Waals surface area (Å²) in [6.45, 7) is 0. The maximum atomic E-state index is 5.34. The molecule has 0 fully saturated rings. The van der Waals surface area contributed by atoms with Crippen molar-refractivity contribution in [3.63, 3.8) is 0 Å². The largest absolute Gasteiger partial charge is 0.493 e. The van der Waals surface area contributed by atoms with E-state index in [0.29, 0.717) is 34.8 Å². The van der Waals surface area contributed by atoms with E-state index in [-0.39, 0.29) is 0 Å². The lowest BCUT2D eigenvalue weighted by molar-refractivity contribution is 0.324. The number of nitrogens with zero attached hydrogens (tertiary/aromatic N) is 4. The zero-order valence-corrected chi connectivity index (χ0v) is 13.6. The SMILES string of the molecule is COc1cc(Nc2ncnc(-n3cccc3)n2)cc(OC)c1OC. The number of anilines is 2. The van der Waals surface area contributed by atoms with Gasteiger partial charge in [-0.2, -0.15) is 4.98 Å². The first-order chi connectivity index (χ1) is 11.7. The third kappa shape index (κ3) is 3.07. The summed E-state index contributed by atoms with van der Waals surface area (Å²) in [5.74, 6) is 2.53. The third-order valence-electron chi connectivity index (χ3n) is 3.32. The van der Waals surface area contributed by atoms with E-state index >= 15 is 0 Å². The molecule has 8 heteroatoms. The third-order valence-corrected chi connectivity index (χ3v) is 3.32. The van der Waals surface area contributed by atoms with E-state index < -0.39 is 0 Å². The normalized spacial score (nSPS) is 10.3. The molecule has 0 atom stereocenters. The lowest BCUT2D eigenvalue weighted by Crippen LogP contribution is -2.04. The van der Waals surface area contributed by atoms with Crippen molar-refractivity contribution in [3.8, 4) is 23.2 Å². The number of benzene rings is 1. The molecule has 8 nitrogen and oxygen atoms in total. The fraction of sp³-hybridized carbons (Fsp3) is 0.188. The summed E-state index contributed by atoms with van der Waals surface area (Å²) in [7, 11) is 4.69. The number of methoxy groups -OCH3 is 3. The number of nitrogens with one attached hydrogen (secondary N) is 1. The lowest BCUT2D eigenvalue weighted by Gasteiger charge is -2.14. The summed E-state index contributed by atoms with van der Waals surface area (Å²) in [4.78, 5) is 12.7. The Hall–Kier alpha value is -3.29. The van der Waals surface area contributed by atoms with Crippen LogP contribution in [0.5, 0.6) is 17.2 Å². The smallest absolute Gasteiger partial charge is 0.238 e. The Morgan fingerprint density at radius 2 is 1.58 bits per heavy atom. The van der Waals surface area contributed by atoms with Crippen LogP contribution in [0.2, 0.25) is 0 Å². The highest BCUT2D eigenvalue weighted by Crippen LogP contribution is 2.40. The van der Waals surface area contributed by atoms with Crippen LogP contribution in [-0.2, 0) is 0 Å². The van der Waals surface area contributed by atoms with Gasteiger partial charge in [-0.25, -0.2) is 9.97 Å². The Bertz CT molecular complexity index is 795. The second kappa shape index (κ2) is 6.86. The Kier molecular flexibility index (Phi) is 4.46. The van der Waals surface area contributed by atoms with E-state index in [9.17, 15) is 0 Å². The molecular formula is C16H17N5O3. The standard InChI is InChI=1S/C16H17N5O3/c1-22-12-8-11(9-13(23-2)14(12)24-3)19-15-17-10-18-16(20-15)21-6-4-5-7-21/h4-10H,1-3H3,(H,17,18,19,20). The van der Waals surface area contributed by atoms with Gasteiger partial charge < -0.3 is 19.5 Å². The number of hydrogen-bond acceptors (Lipinski definition) is 7. The van der Waals surface area contributed by atoms with Crippen molar-refractivity contribution in [2.75, 3.05) is 26.6 Å². The fourth-order valence-electron chi connectivity index (χ4n) is 2.22. The van der Waals surface area contributed by atoms with Gasteiger partial charge in [0, 0.05) is 30.2 Å². The zero-order valence-electron chi connectivity index (χ0n) is 13.6. The van der Waals surface area contributed by atoms with Gasteiger partial charge in [0.05, 0.1) is 21.3 Å². The molecule has 0 saturated heterocycles. The molecule has 0 unspecified atom stereocenters. The molecule has 3 aromatic rings. The van der Waals surface area contributed by atoms with Crippen LogP contribution in [0, 0.1) is 0 Å². The van der Waals surface area contributed by atoms with Crippen molar-refractivity contribution in [1.29, 1.82) is 0 Å². The van der Waals surface area contributed by atoms with Gasteiger partial charge in [0.2, 0.25) is 17.6 Å². The van der Waals surface area contributed by atoms with Gasteiger partial charge >= 0.3 is 0 Å². The quantitative estimate of drug-likeness (QED) is 0.744. The van der Waals surface area contributed by atoms with Crippen molar-refractivity contribution in [2.24, 2.45) is 0 Å². The van der Waals surface area contributed by atoms with E-state index in [1.807, 2.05) is 24.5 Å². The first-order valence-corrected chi connectivity index (χ1v) is 7.14. The van der Waals surface area contributed by atoms with Crippen LogP contribution < -0.4 is 19.5 Å². The predicted molar refractivity (Wildman–Crippen MR) is 88.5 cm³/mol. The first-order valence-electron chi connectivity index (χ1n) is 7.14. The molecule has 0 aliphatic carbocycles. The summed E-state index contributed by atoms with van der Waals surface area (Å²) in [5, 5.41) is 3.12. The minimum Gasteiger partial charge on any atom is -0.493 e. The topological polar surface area (TPSA) is 83.3 Å². The highest BCUT2D eigenvalue weighted by atomic mass is 16.5. The predicted octanol–water partition coefficient (Wildman–Crippen LogP) is 2.43. The number of hydrogen-bond donors (Lipinski definition) is 1. The molecule has 0 aliphatic rings. The van der Waals surface area contributed by atoms with Gasteiger partial charge in [0.15, 0.2) is 11.5 Å². The Morgan fingerprint density at radius 3 is 2.17 bits per heavy atom. The average molecular weight is 327 g/mol. The molecule has 0 spiro atoms. The van der Waals surface area contributed by atoms with Crippen LogP contribution in [0.25, 0.3) is 5.95 Å². The molecule has 1 N–H and O–H groups in total. The van der Waals surface area contributed by atoms with Crippen LogP contribution in [0.4, 0.5) is 11.6 Å². The average Bonchev–Trinajstić information content (AvgIpc) is 3.15. The zero-order chi connectivity index (χ0) is 16.9. The van der Waals surface area contributed by atoms with Gasteiger partial charge in [-0.05, 0) is 12.1 Å². The number of rotatable bonds is 6. The van der Waals surface area contributed by atoms with Crippen molar-refractivity contribution in [3.05, 3.63) is 43.0 Å². The van der Waals surface area contributed by atoms with E-state index in [0.717, 1.165) is 0 Å². The Balaban J connectivity index is 1.92. The summed E-state index contributed by atoms with van der Waals surface area (Å²) in [5.41, 5.74) is 0.703. The van der Waals surface area contributed by atoms with Gasteiger partial charge in [0.25, 0.3) is 0 Å². The molecule has 2 heterocycles. The van der Waals surface area contributed by atoms with Crippen molar-refractivity contribution in [2.45, 2.75) is 0 Å². The summed E-state index contributed by atoms with van der Waals surface area (Å²) >= 11 is 0. The molecule has 2 aromatic heterocycles. The maximum Gasteiger partial charge on any atom is 0.238 e.